The van der Waals surface area contributed by atoms with Crippen LogP contribution in [0.25, 0.3) is 0 Å². The Hall–Kier alpha value is -2.30. The second-order valence-corrected chi connectivity index (χ2v) is 5.67. The molecule has 4 rings (SSSR count). The summed E-state index contributed by atoms with van der Waals surface area (Å²) in [5.74, 6) is 2.42. The molecule has 3 aliphatic rings. The summed E-state index contributed by atoms with van der Waals surface area (Å²) in [5, 5.41) is 2.93. The minimum atomic E-state index is -0.321. The molecule has 108 valence electrons. The number of hydrogen-bond acceptors (Lipinski definition) is 4. The number of aromatic nitrogens is 1. The fraction of sp³-hybridized carbons (Fsp3) is 0.375. The van der Waals surface area contributed by atoms with Crippen LogP contribution in [-0.4, -0.2) is 17.7 Å². The van der Waals surface area contributed by atoms with Gasteiger partial charge in [0, 0.05) is 6.20 Å². The van der Waals surface area contributed by atoms with Crippen molar-refractivity contribution in [1.29, 1.82) is 0 Å². The number of carbonyl (C=O) groups excluding carboxylic acids is 1. The number of hydrogen-bond donors (Lipinski definition) is 1. The number of pyridine rings is 1. The van der Waals surface area contributed by atoms with Crippen molar-refractivity contribution in [2.24, 2.45) is 11.3 Å². The Morgan fingerprint density at radius 3 is 2.90 bits per heavy atom. The van der Waals surface area contributed by atoms with E-state index in [0.29, 0.717) is 5.82 Å². The van der Waals surface area contributed by atoms with E-state index in [9.17, 15) is 4.79 Å². The quantitative estimate of drug-likeness (QED) is 0.926. The lowest BCUT2D eigenvalue weighted by Gasteiger charge is -2.24. The van der Waals surface area contributed by atoms with E-state index in [0.717, 1.165) is 30.8 Å². The standard InChI is InChI=1S/C16H16N2O3/c19-15(18-14-3-1-2-8-17-14)16(6-7-16)11-4-5-12-13(9-11)21-10-20-12/h1-3,5,8-9,11H,4,6-7,10H2,(H,17,18,19). The lowest BCUT2D eigenvalue weighted by atomic mass is 9.82. The summed E-state index contributed by atoms with van der Waals surface area (Å²) >= 11 is 0. The average Bonchev–Trinajstić information content (AvgIpc) is 3.20. The van der Waals surface area contributed by atoms with E-state index in [1.165, 1.54) is 0 Å². The molecule has 0 radical (unpaired) electrons. The minimum absolute atomic E-state index is 0.0545. The Balaban J connectivity index is 1.52. The number of amides is 1. The van der Waals surface area contributed by atoms with Crippen LogP contribution in [0.1, 0.15) is 19.3 Å². The average molecular weight is 284 g/mol. The molecule has 1 N–H and O–H groups in total. The van der Waals surface area contributed by atoms with Gasteiger partial charge in [0.05, 0.1) is 5.41 Å². The maximum atomic E-state index is 12.6. The van der Waals surface area contributed by atoms with Gasteiger partial charge in [-0.2, -0.15) is 0 Å². The van der Waals surface area contributed by atoms with Gasteiger partial charge in [-0.05, 0) is 49.5 Å². The van der Waals surface area contributed by atoms with Gasteiger partial charge in [-0.15, -0.1) is 0 Å². The summed E-state index contributed by atoms with van der Waals surface area (Å²) in [6, 6.07) is 5.50. The molecule has 2 fully saturated rings. The monoisotopic (exact) mass is 284 g/mol. The minimum Gasteiger partial charge on any atom is -0.454 e. The third-order valence-corrected chi connectivity index (χ3v) is 4.44. The zero-order chi connectivity index (χ0) is 14.3. The molecule has 1 saturated heterocycles. The molecular formula is C16H16N2O3. The van der Waals surface area contributed by atoms with Crippen LogP contribution in [0, 0.1) is 11.3 Å². The molecule has 1 atom stereocenters. The maximum absolute atomic E-state index is 12.6. The lowest BCUT2D eigenvalue weighted by Crippen LogP contribution is -2.31. The molecule has 1 saturated carbocycles. The summed E-state index contributed by atoms with van der Waals surface area (Å²) in [7, 11) is 0. The molecule has 0 spiro atoms. The van der Waals surface area contributed by atoms with Crippen molar-refractivity contribution in [1.82, 2.24) is 4.98 Å². The van der Waals surface area contributed by atoms with Crippen LogP contribution in [0.2, 0.25) is 0 Å². The highest BCUT2D eigenvalue weighted by Gasteiger charge is 2.55. The number of nitrogens with zero attached hydrogens (tertiary/aromatic N) is 1. The summed E-state index contributed by atoms with van der Waals surface area (Å²) in [6.07, 6.45) is 8.39. The molecule has 0 aromatic carbocycles. The van der Waals surface area contributed by atoms with Crippen LogP contribution < -0.4 is 5.32 Å². The number of fused-ring (bicyclic) bond motifs is 1. The van der Waals surface area contributed by atoms with Crippen molar-refractivity contribution >= 4 is 11.7 Å². The van der Waals surface area contributed by atoms with Gasteiger partial charge in [0.1, 0.15) is 5.82 Å². The molecule has 2 aliphatic carbocycles. The molecule has 21 heavy (non-hydrogen) atoms. The zero-order valence-electron chi connectivity index (χ0n) is 11.5. The second kappa shape index (κ2) is 4.62. The molecule has 5 heteroatoms. The van der Waals surface area contributed by atoms with E-state index in [-0.39, 0.29) is 24.0 Å². The van der Waals surface area contributed by atoms with Gasteiger partial charge in [0.25, 0.3) is 0 Å². The Bertz CT molecular complexity index is 632. The van der Waals surface area contributed by atoms with Crippen LogP contribution in [0.5, 0.6) is 0 Å². The van der Waals surface area contributed by atoms with Gasteiger partial charge in [-0.25, -0.2) is 4.98 Å². The van der Waals surface area contributed by atoms with Crippen molar-refractivity contribution < 1.29 is 14.3 Å². The predicted octanol–water partition coefficient (Wildman–Crippen LogP) is 2.59. The molecule has 1 amide bonds. The molecule has 5 nitrogen and oxygen atoms in total. The number of allylic oxidation sites excluding steroid dienone is 2. The highest BCUT2D eigenvalue weighted by Crippen LogP contribution is 2.56. The largest absolute Gasteiger partial charge is 0.454 e. The van der Waals surface area contributed by atoms with E-state index in [1.54, 1.807) is 12.3 Å². The number of ether oxygens (including phenoxy) is 2. The first-order chi connectivity index (χ1) is 10.3. The Labute approximate surface area is 122 Å². The smallest absolute Gasteiger partial charge is 0.232 e. The molecule has 0 bridgehead atoms. The van der Waals surface area contributed by atoms with Gasteiger partial charge in [-0.1, -0.05) is 6.07 Å². The Kier molecular flexibility index (Phi) is 2.74. The summed E-state index contributed by atoms with van der Waals surface area (Å²) in [5.41, 5.74) is -0.321. The van der Waals surface area contributed by atoms with E-state index in [4.69, 9.17) is 9.47 Å². The van der Waals surface area contributed by atoms with Gasteiger partial charge < -0.3 is 14.8 Å². The first-order valence-electron chi connectivity index (χ1n) is 7.18. The first kappa shape index (κ1) is 12.4. The SMILES string of the molecule is O=C(Nc1ccccn1)C1(C2C=C3OCOC3=CC2)CC1. The number of nitrogens with one attached hydrogen (secondary N) is 1. The van der Waals surface area contributed by atoms with Crippen molar-refractivity contribution in [3.05, 3.63) is 48.1 Å². The maximum Gasteiger partial charge on any atom is 0.232 e. The third kappa shape index (κ3) is 2.09. The molecule has 1 aromatic heterocycles. The summed E-state index contributed by atoms with van der Waals surface area (Å²) < 4.78 is 10.8. The predicted molar refractivity (Wildman–Crippen MR) is 75.8 cm³/mol. The summed E-state index contributed by atoms with van der Waals surface area (Å²) in [6.45, 7) is 0.275. The van der Waals surface area contributed by atoms with Crippen LogP contribution in [0.3, 0.4) is 0 Å². The molecule has 1 aliphatic heterocycles. The number of carbonyl (C=O) groups is 1. The van der Waals surface area contributed by atoms with E-state index in [1.807, 2.05) is 24.3 Å². The van der Waals surface area contributed by atoms with Gasteiger partial charge >= 0.3 is 0 Å². The molecule has 2 heterocycles. The fourth-order valence-electron chi connectivity index (χ4n) is 3.04. The number of anilines is 1. The first-order valence-corrected chi connectivity index (χ1v) is 7.18. The van der Waals surface area contributed by atoms with E-state index < -0.39 is 0 Å². The van der Waals surface area contributed by atoms with Gasteiger partial charge in [-0.3, -0.25) is 4.79 Å². The zero-order valence-corrected chi connectivity index (χ0v) is 11.5. The fourth-order valence-corrected chi connectivity index (χ4v) is 3.04. The van der Waals surface area contributed by atoms with Crippen LogP contribution in [-0.2, 0) is 14.3 Å². The third-order valence-electron chi connectivity index (χ3n) is 4.44. The van der Waals surface area contributed by atoms with Crippen LogP contribution in [0.15, 0.2) is 48.1 Å². The normalized spacial score (nSPS) is 24.9. The second-order valence-electron chi connectivity index (χ2n) is 5.67. The number of rotatable bonds is 3. The van der Waals surface area contributed by atoms with Crippen molar-refractivity contribution in [2.45, 2.75) is 19.3 Å². The van der Waals surface area contributed by atoms with Crippen molar-refractivity contribution in [2.75, 3.05) is 12.1 Å². The molecule has 1 aromatic rings. The Morgan fingerprint density at radius 2 is 2.14 bits per heavy atom. The lowest BCUT2D eigenvalue weighted by molar-refractivity contribution is -0.122. The topological polar surface area (TPSA) is 60.5 Å². The van der Waals surface area contributed by atoms with Crippen LogP contribution in [0.4, 0.5) is 5.82 Å². The van der Waals surface area contributed by atoms with E-state index in [2.05, 4.69) is 10.3 Å². The van der Waals surface area contributed by atoms with Crippen molar-refractivity contribution in [3.8, 4) is 0 Å². The van der Waals surface area contributed by atoms with Gasteiger partial charge in [0.2, 0.25) is 12.7 Å². The Morgan fingerprint density at radius 1 is 1.29 bits per heavy atom. The van der Waals surface area contributed by atoms with Crippen molar-refractivity contribution in [3.63, 3.8) is 0 Å². The molecule has 1 unspecified atom stereocenters. The van der Waals surface area contributed by atoms with Crippen LogP contribution >= 0.6 is 0 Å². The molecular weight excluding hydrogens is 268 g/mol. The summed E-state index contributed by atoms with van der Waals surface area (Å²) in [4.78, 5) is 16.8. The highest BCUT2D eigenvalue weighted by atomic mass is 16.7. The van der Waals surface area contributed by atoms with Gasteiger partial charge in [0.15, 0.2) is 11.5 Å². The highest BCUT2D eigenvalue weighted by molar-refractivity contribution is 5.97. The van der Waals surface area contributed by atoms with E-state index >= 15 is 0 Å².